The van der Waals surface area contributed by atoms with Crippen molar-refractivity contribution < 1.29 is 9.53 Å². The van der Waals surface area contributed by atoms with E-state index in [1.807, 2.05) is 0 Å². The molecule has 0 bridgehead atoms. The summed E-state index contributed by atoms with van der Waals surface area (Å²) in [5.41, 5.74) is 0.0470. The van der Waals surface area contributed by atoms with Gasteiger partial charge >= 0.3 is 0 Å². The molecule has 12 heavy (non-hydrogen) atoms. The molecule has 1 aliphatic carbocycles. The first kappa shape index (κ1) is 8.24. The van der Waals surface area contributed by atoms with E-state index in [4.69, 9.17) is 4.74 Å². The van der Waals surface area contributed by atoms with Crippen molar-refractivity contribution in [2.45, 2.75) is 32.6 Å². The molecule has 2 aliphatic rings. The number of ketones is 1. The summed E-state index contributed by atoms with van der Waals surface area (Å²) in [5.74, 6) is 0.674. The topological polar surface area (TPSA) is 26.3 Å². The Morgan fingerprint density at radius 1 is 1.50 bits per heavy atom. The molecule has 2 fully saturated rings. The summed E-state index contributed by atoms with van der Waals surface area (Å²) in [4.78, 5) is 11.8. The molecule has 0 N–H and O–H groups in total. The molecule has 2 nitrogen and oxygen atoms in total. The number of hydrogen-bond donors (Lipinski definition) is 0. The maximum absolute atomic E-state index is 11.8. The molecule has 68 valence electrons. The highest BCUT2D eigenvalue weighted by Crippen LogP contribution is 2.48. The highest BCUT2D eigenvalue weighted by atomic mass is 16.5. The third-order valence-electron chi connectivity index (χ3n) is 3.13. The number of ether oxygens (including phenoxy) is 1. The van der Waals surface area contributed by atoms with Crippen molar-refractivity contribution in [1.82, 2.24) is 0 Å². The molecule has 0 aromatic rings. The van der Waals surface area contributed by atoms with Crippen molar-refractivity contribution in [1.29, 1.82) is 0 Å². The minimum Gasteiger partial charge on any atom is -0.381 e. The van der Waals surface area contributed by atoms with Gasteiger partial charge in [0, 0.05) is 17.9 Å². The van der Waals surface area contributed by atoms with Crippen LogP contribution in [0.5, 0.6) is 0 Å². The molecule has 1 unspecified atom stereocenters. The SMILES string of the molecule is CC1(C(=O)C2CCCOC2)CC1. The average Bonchev–Trinajstić information content (AvgIpc) is 2.85. The molecular weight excluding hydrogens is 152 g/mol. The van der Waals surface area contributed by atoms with Crippen LogP contribution >= 0.6 is 0 Å². The van der Waals surface area contributed by atoms with E-state index in [1.165, 1.54) is 0 Å². The van der Waals surface area contributed by atoms with E-state index in [2.05, 4.69) is 6.92 Å². The lowest BCUT2D eigenvalue weighted by Gasteiger charge is -2.23. The molecular formula is C10H16O2. The van der Waals surface area contributed by atoms with Gasteiger partial charge in [0.25, 0.3) is 0 Å². The zero-order valence-corrected chi connectivity index (χ0v) is 7.64. The third-order valence-corrected chi connectivity index (χ3v) is 3.13. The van der Waals surface area contributed by atoms with Crippen molar-refractivity contribution in [2.24, 2.45) is 11.3 Å². The first-order chi connectivity index (χ1) is 5.72. The minimum absolute atomic E-state index is 0.0470. The molecule has 1 saturated heterocycles. The second-order valence-electron chi connectivity index (χ2n) is 4.34. The second kappa shape index (κ2) is 2.84. The van der Waals surface area contributed by atoms with Gasteiger partial charge < -0.3 is 4.74 Å². The van der Waals surface area contributed by atoms with Gasteiger partial charge in [0.1, 0.15) is 5.78 Å². The van der Waals surface area contributed by atoms with Crippen LogP contribution in [0.25, 0.3) is 0 Å². The van der Waals surface area contributed by atoms with Crippen LogP contribution in [0.1, 0.15) is 32.6 Å². The number of hydrogen-bond acceptors (Lipinski definition) is 2. The fraction of sp³-hybridized carbons (Fsp3) is 0.900. The molecule has 1 aliphatic heterocycles. The van der Waals surface area contributed by atoms with Crippen LogP contribution < -0.4 is 0 Å². The van der Waals surface area contributed by atoms with Crippen molar-refractivity contribution in [3.05, 3.63) is 0 Å². The van der Waals surface area contributed by atoms with Crippen molar-refractivity contribution in [3.63, 3.8) is 0 Å². The third kappa shape index (κ3) is 1.40. The monoisotopic (exact) mass is 168 g/mol. The standard InChI is InChI=1S/C10H16O2/c1-10(4-5-10)9(11)8-3-2-6-12-7-8/h8H,2-7H2,1H3. The van der Waals surface area contributed by atoms with Crippen LogP contribution in [0, 0.1) is 11.3 Å². The van der Waals surface area contributed by atoms with E-state index >= 15 is 0 Å². The van der Waals surface area contributed by atoms with Crippen LogP contribution in [-0.4, -0.2) is 19.0 Å². The smallest absolute Gasteiger partial charge is 0.144 e. The summed E-state index contributed by atoms with van der Waals surface area (Å²) >= 11 is 0. The van der Waals surface area contributed by atoms with E-state index < -0.39 is 0 Å². The van der Waals surface area contributed by atoms with E-state index in [-0.39, 0.29) is 11.3 Å². The Bertz CT molecular complexity index is 188. The molecule has 1 atom stereocenters. The number of Topliss-reactive ketones (excluding diaryl/α,β-unsaturated/α-hetero) is 1. The van der Waals surface area contributed by atoms with Gasteiger partial charge in [-0.25, -0.2) is 0 Å². The first-order valence-electron chi connectivity index (χ1n) is 4.84. The summed E-state index contributed by atoms with van der Waals surface area (Å²) < 4.78 is 5.31. The zero-order chi connectivity index (χ0) is 8.60. The van der Waals surface area contributed by atoms with Crippen LogP contribution in [0.4, 0.5) is 0 Å². The fourth-order valence-corrected chi connectivity index (χ4v) is 1.87. The van der Waals surface area contributed by atoms with Gasteiger partial charge in [0.05, 0.1) is 6.61 Å². The van der Waals surface area contributed by atoms with Crippen molar-refractivity contribution >= 4 is 5.78 Å². The molecule has 0 radical (unpaired) electrons. The Morgan fingerprint density at radius 3 is 2.75 bits per heavy atom. The Hall–Kier alpha value is -0.370. The summed E-state index contributed by atoms with van der Waals surface area (Å²) in [5, 5.41) is 0. The molecule has 1 saturated carbocycles. The lowest BCUT2D eigenvalue weighted by atomic mass is 9.88. The molecule has 0 aromatic heterocycles. The minimum atomic E-state index is 0.0470. The maximum Gasteiger partial charge on any atom is 0.144 e. The van der Waals surface area contributed by atoms with Crippen LogP contribution in [-0.2, 0) is 9.53 Å². The summed E-state index contributed by atoms with van der Waals surface area (Å²) in [6, 6.07) is 0. The molecule has 0 aromatic carbocycles. The van der Waals surface area contributed by atoms with Crippen LogP contribution in [0.15, 0.2) is 0 Å². The fourth-order valence-electron chi connectivity index (χ4n) is 1.87. The molecule has 0 spiro atoms. The number of carbonyl (C=O) groups excluding carboxylic acids is 1. The Kier molecular flexibility index (Phi) is 1.95. The van der Waals surface area contributed by atoms with Gasteiger partial charge in [0.15, 0.2) is 0 Å². The van der Waals surface area contributed by atoms with E-state index in [9.17, 15) is 4.79 Å². The Balaban J connectivity index is 1.94. The molecule has 0 amide bonds. The van der Waals surface area contributed by atoms with E-state index in [1.54, 1.807) is 0 Å². The average molecular weight is 168 g/mol. The number of rotatable bonds is 2. The normalized spacial score (nSPS) is 32.9. The van der Waals surface area contributed by atoms with Crippen molar-refractivity contribution in [3.8, 4) is 0 Å². The maximum atomic E-state index is 11.8. The second-order valence-corrected chi connectivity index (χ2v) is 4.34. The van der Waals surface area contributed by atoms with Gasteiger partial charge in [-0.2, -0.15) is 0 Å². The van der Waals surface area contributed by atoms with Gasteiger partial charge in [-0.05, 0) is 25.7 Å². The zero-order valence-electron chi connectivity index (χ0n) is 7.64. The summed E-state index contributed by atoms with van der Waals surface area (Å²) in [7, 11) is 0. The highest BCUT2D eigenvalue weighted by Gasteiger charge is 2.47. The molecule has 2 heteroatoms. The van der Waals surface area contributed by atoms with Crippen LogP contribution in [0.2, 0.25) is 0 Å². The summed E-state index contributed by atoms with van der Waals surface area (Å²) in [6.07, 6.45) is 4.31. The van der Waals surface area contributed by atoms with Gasteiger partial charge in [-0.3, -0.25) is 4.79 Å². The number of carbonyl (C=O) groups is 1. The quantitative estimate of drug-likeness (QED) is 0.628. The summed E-state index contributed by atoms with van der Waals surface area (Å²) in [6.45, 7) is 3.61. The van der Waals surface area contributed by atoms with Gasteiger partial charge in [-0.1, -0.05) is 6.92 Å². The Labute approximate surface area is 73.3 Å². The Morgan fingerprint density at radius 2 is 2.25 bits per heavy atom. The van der Waals surface area contributed by atoms with Gasteiger partial charge in [0.2, 0.25) is 0 Å². The van der Waals surface area contributed by atoms with Crippen LogP contribution in [0.3, 0.4) is 0 Å². The lowest BCUT2D eigenvalue weighted by Crippen LogP contribution is -2.30. The lowest BCUT2D eigenvalue weighted by molar-refractivity contribution is -0.131. The van der Waals surface area contributed by atoms with Gasteiger partial charge in [-0.15, -0.1) is 0 Å². The largest absolute Gasteiger partial charge is 0.381 e. The highest BCUT2D eigenvalue weighted by molar-refractivity contribution is 5.89. The van der Waals surface area contributed by atoms with E-state index in [0.717, 1.165) is 32.3 Å². The van der Waals surface area contributed by atoms with Crippen molar-refractivity contribution in [2.75, 3.05) is 13.2 Å². The molecule has 1 heterocycles. The van der Waals surface area contributed by atoms with E-state index in [0.29, 0.717) is 12.4 Å². The molecule has 2 rings (SSSR count). The predicted octanol–water partition coefficient (Wildman–Crippen LogP) is 1.78. The predicted molar refractivity (Wildman–Crippen MR) is 45.9 cm³/mol. The first-order valence-corrected chi connectivity index (χ1v) is 4.84.